The van der Waals surface area contributed by atoms with E-state index in [9.17, 15) is 0 Å². The Morgan fingerprint density at radius 2 is 1.69 bits per heavy atom. The van der Waals surface area contributed by atoms with Gasteiger partial charge in [0.05, 0.1) is 0 Å². The summed E-state index contributed by atoms with van der Waals surface area (Å²) in [4.78, 5) is 2.84. The van der Waals surface area contributed by atoms with Crippen LogP contribution in [0.5, 0.6) is 0 Å². The fourth-order valence-electron chi connectivity index (χ4n) is 8.10. The van der Waals surface area contributed by atoms with Crippen LogP contribution < -0.4 is 4.46 Å². The van der Waals surface area contributed by atoms with E-state index in [2.05, 4.69) is 108 Å². The van der Waals surface area contributed by atoms with Crippen LogP contribution in [0, 0.1) is 11.8 Å². The van der Waals surface area contributed by atoms with Gasteiger partial charge in [-0.25, -0.2) is 0 Å². The van der Waals surface area contributed by atoms with Crippen molar-refractivity contribution in [2.24, 2.45) is 18.9 Å². The maximum absolute atomic E-state index is 6.71. The first-order chi connectivity index (χ1) is 19.1. The summed E-state index contributed by atoms with van der Waals surface area (Å²) in [6.45, 7) is 4.13. The normalized spacial score (nSPS) is 30.2. The molecule has 0 N–H and O–H groups in total. The van der Waals surface area contributed by atoms with E-state index in [4.69, 9.17) is 9.47 Å². The monoisotopic (exact) mass is 586 g/mol. The first kappa shape index (κ1) is 25.6. The summed E-state index contributed by atoms with van der Waals surface area (Å²) in [5.41, 5.74) is 5.85. The van der Waals surface area contributed by atoms with Gasteiger partial charge in [-0.2, -0.15) is 0 Å². The molecular weight excluding hydrogens is 547 g/mol. The second-order valence-electron chi connectivity index (χ2n) is 11.5. The summed E-state index contributed by atoms with van der Waals surface area (Å²) in [6.07, 6.45) is 3.15. The molecule has 0 spiro atoms. The fourth-order valence-corrected chi connectivity index (χ4v) is 11.4. The molecule has 3 aliphatic rings. The Labute approximate surface area is 238 Å². The molecule has 0 unspecified atom stereocenters. The van der Waals surface area contributed by atoms with Gasteiger partial charge >= 0.3 is 239 Å². The van der Waals surface area contributed by atoms with Crippen molar-refractivity contribution in [3.8, 4) is 0 Å². The predicted molar refractivity (Wildman–Crippen MR) is 158 cm³/mol. The second-order valence-corrected chi connectivity index (χ2v) is 14.5. The number of para-hydroxylation sites is 1. The predicted octanol–water partition coefficient (Wildman–Crippen LogP) is 5.88. The zero-order valence-corrected chi connectivity index (χ0v) is 24.8. The third kappa shape index (κ3) is 4.05. The Bertz CT molecular complexity index is 1450. The van der Waals surface area contributed by atoms with Crippen molar-refractivity contribution >= 4 is 30.3 Å². The number of aryl methyl sites for hydroxylation is 1. The van der Waals surface area contributed by atoms with Gasteiger partial charge < -0.3 is 0 Å². The average molecular weight is 586 g/mol. The van der Waals surface area contributed by atoms with Crippen LogP contribution in [-0.2, 0) is 29.5 Å². The van der Waals surface area contributed by atoms with E-state index < -0.39 is 0 Å². The minimum atomic E-state index is -0.155. The average Bonchev–Trinajstić information content (AvgIpc) is 3.26. The molecule has 7 rings (SSSR count). The van der Waals surface area contributed by atoms with E-state index >= 15 is 0 Å². The number of hydrogen-bond donors (Lipinski definition) is 0. The molecule has 2 saturated heterocycles. The van der Waals surface area contributed by atoms with Gasteiger partial charge in [0.1, 0.15) is 0 Å². The van der Waals surface area contributed by atoms with Gasteiger partial charge in [0.25, 0.3) is 0 Å². The van der Waals surface area contributed by atoms with Gasteiger partial charge in [-0.05, 0) is 0 Å². The molecule has 1 aromatic heterocycles. The number of methoxy groups -OCH3 is 1. The van der Waals surface area contributed by atoms with E-state index in [-0.39, 0.29) is 25.6 Å². The molecule has 202 valence electrons. The van der Waals surface area contributed by atoms with Crippen molar-refractivity contribution in [1.82, 2.24) is 9.47 Å². The molecule has 2 bridgehead atoms. The van der Waals surface area contributed by atoms with Crippen LogP contribution in [0.4, 0.5) is 0 Å². The molecule has 4 heterocycles. The number of hydrogen-bond acceptors (Lipinski definition) is 3. The zero-order chi connectivity index (χ0) is 26.6. The standard InChI is InChI=1S/C34H38N2O2Se/c1-4-34(39-24-15-9-6-10-16-24)28-20-31-32-26(25-17-11-12-18-29(25)35(32)2)19-30(27(28)22-38-33(34)37-3)36(31)21-23-13-7-5-8-14-23/h5-18,27-28,30-31,33H,4,19-22H2,1-3H3/t27-,28-,30+,31+,33+,34-/m1/s1. The van der Waals surface area contributed by atoms with Crippen molar-refractivity contribution < 1.29 is 9.47 Å². The number of nitrogens with zero attached hydrogens (tertiary/aromatic N) is 2. The zero-order valence-electron chi connectivity index (χ0n) is 23.1. The van der Waals surface area contributed by atoms with Crippen LogP contribution in [0.3, 0.4) is 0 Å². The molecule has 6 atom stereocenters. The molecule has 4 aromatic rings. The van der Waals surface area contributed by atoms with Crippen molar-refractivity contribution in [3.05, 3.63) is 102 Å². The summed E-state index contributed by atoms with van der Waals surface area (Å²) in [7, 11) is 4.14. The van der Waals surface area contributed by atoms with Crippen LogP contribution >= 0.6 is 0 Å². The molecule has 0 amide bonds. The molecule has 0 saturated carbocycles. The summed E-state index contributed by atoms with van der Waals surface area (Å²) in [6, 6.07) is 32.0. The van der Waals surface area contributed by atoms with Crippen molar-refractivity contribution in [2.45, 2.75) is 55.4 Å². The summed E-state index contributed by atoms with van der Waals surface area (Å²) in [5.74, 6) is 1.03. The quantitative estimate of drug-likeness (QED) is 0.265. The van der Waals surface area contributed by atoms with Crippen LogP contribution in [0.2, 0.25) is 4.31 Å². The third-order valence-electron chi connectivity index (χ3n) is 9.80. The van der Waals surface area contributed by atoms with Crippen molar-refractivity contribution in [2.75, 3.05) is 13.7 Å². The van der Waals surface area contributed by atoms with E-state index in [0.717, 1.165) is 32.4 Å². The molecule has 0 radical (unpaired) electrons. The molecule has 3 aromatic carbocycles. The van der Waals surface area contributed by atoms with E-state index in [1.807, 2.05) is 7.11 Å². The summed E-state index contributed by atoms with van der Waals surface area (Å²) in [5, 5.41) is 1.43. The second kappa shape index (κ2) is 10.2. The van der Waals surface area contributed by atoms with Gasteiger partial charge in [-0.15, -0.1) is 0 Å². The number of fused-ring (bicyclic) bond motifs is 8. The van der Waals surface area contributed by atoms with Crippen molar-refractivity contribution in [3.63, 3.8) is 0 Å². The van der Waals surface area contributed by atoms with E-state index in [0.29, 0.717) is 23.9 Å². The fraction of sp³-hybridized carbons (Fsp3) is 0.412. The van der Waals surface area contributed by atoms with Gasteiger partial charge in [-0.1, -0.05) is 0 Å². The van der Waals surface area contributed by atoms with E-state index in [1.165, 1.54) is 26.6 Å². The van der Waals surface area contributed by atoms with Crippen LogP contribution in [0.25, 0.3) is 10.9 Å². The SMILES string of the molecule is CC[C@]1([Se]c2ccccc2)[C@@H](OC)OC[C@@H]2[C@H]1C[C@H]1c3c(c4ccccc4n3C)C[C@@H]2N1Cc1ccccc1. The van der Waals surface area contributed by atoms with Crippen LogP contribution in [-0.4, -0.2) is 50.5 Å². The Hall–Kier alpha value is -2.40. The first-order valence-corrected chi connectivity index (χ1v) is 16.1. The summed E-state index contributed by atoms with van der Waals surface area (Å²) >= 11 is 0.241. The Morgan fingerprint density at radius 3 is 2.44 bits per heavy atom. The third-order valence-corrected chi connectivity index (χ3v) is 13.3. The molecule has 39 heavy (non-hydrogen) atoms. The van der Waals surface area contributed by atoms with Gasteiger partial charge in [0.15, 0.2) is 0 Å². The maximum atomic E-state index is 6.71. The molecule has 3 aliphatic heterocycles. The first-order valence-electron chi connectivity index (χ1n) is 14.4. The number of piperidine rings is 1. The van der Waals surface area contributed by atoms with Gasteiger partial charge in [0, 0.05) is 0 Å². The number of aromatic nitrogens is 1. The van der Waals surface area contributed by atoms with Gasteiger partial charge in [-0.3, -0.25) is 0 Å². The topological polar surface area (TPSA) is 26.6 Å². The Kier molecular flexibility index (Phi) is 6.69. The number of benzene rings is 3. The summed E-state index contributed by atoms with van der Waals surface area (Å²) < 4.78 is 16.8. The molecule has 5 heteroatoms. The molecule has 2 fully saturated rings. The minimum absolute atomic E-state index is 0.00342. The van der Waals surface area contributed by atoms with Gasteiger partial charge in [0.2, 0.25) is 0 Å². The molecular formula is C34H38N2O2Se. The molecule has 0 aliphatic carbocycles. The molecule has 4 nitrogen and oxygen atoms in total. The van der Waals surface area contributed by atoms with Crippen molar-refractivity contribution in [1.29, 1.82) is 0 Å². The Balaban J connectivity index is 1.37. The van der Waals surface area contributed by atoms with Crippen LogP contribution in [0.1, 0.15) is 42.6 Å². The van der Waals surface area contributed by atoms with Crippen LogP contribution in [0.15, 0.2) is 84.9 Å². The number of rotatable bonds is 6. The Morgan fingerprint density at radius 1 is 0.974 bits per heavy atom. The van der Waals surface area contributed by atoms with E-state index in [1.54, 1.807) is 5.56 Å². The number of ether oxygens (including phenoxy) is 2.